The largest absolute Gasteiger partial charge is 2.00 e. The fraction of sp³-hybridized carbons (Fsp3) is 0.100. The maximum absolute atomic E-state index is 12.6. The number of rotatable bonds is 3. The Morgan fingerprint density at radius 1 is 1.00 bits per heavy atom. The molecular weight excluding hydrogens is 597 g/mol. The third-order valence-corrected chi connectivity index (χ3v) is 3.66. The number of benzene rings is 1. The maximum atomic E-state index is 12.6. The van der Waals surface area contributed by atoms with Gasteiger partial charge in [-0.05, 0) is 24.3 Å². The van der Waals surface area contributed by atoms with Crippen LogP contribution in [0.4, 0.5) is 17.6 Å². The Morgan fingerprint density at radius 3 is 2.32 bits per heavy atom. The third-order valence-electron chi connectivity index (χ3n) is 3.66. The summed E-state index contributed by atoms with van der Waals surface area (Å²) in [6.45, 7) is 0. The van der Waals surface area contributed by atoms with Crippen molar-refractivity contribution in [2.24, 2.45) is 0 Å². The molecule has 0 unspecified atom stereocenters. The van der Waals surface area contributed by atoms with Gasteiger partial charge in [0.2, 0.25) is 5.88 Å². The molecule has 0 fully saturated rings. The number of alkyl halides is 3. The molecule has 4 aromatic rings. The van der Waals surface area contributed by atoms with Gasteiger partial charge in [-0.15, -0.1) is 34.9 Å². The van der Waals surface area contributed by atoms with Crippen LogP contribution in [0.3, 0.4) is 0 Å². The van der Waals surface area contributed by atoms with E-state index in [4.69, 9.17) is 4.74 Å². The molecule has 0 radical (unpaired) electrons. The number of ether oxygens (including phenoxy) is 1. The molecule has 0 aliphatic rings. The normalized spacial score (nSPS) is 10.5. The predicted molar refractivity (Wildman–Crippen MR) is 98.6 cm³/mol. The standard InChI is InChI=1S/C11H8FN2O.C9H5F3N3.Pt/c1-15-11-7-6-10(13-14-11)8-2-4-9(12)5-3-8;10-9(11,12)8-5-7(14-15-8)6-3-1-2-4-13-6;/h2,4-7H,1H3;1-5H;/q2*-1;+2. The Kier molecular flexibility index (Phi) is 8.38. The van der Waals surface area contributed by atoms with Gasteiger partial charge in [-0.2, -0.15) is 18.3 Å². The van der Waals surface area contributed by atoms with E-state index in [1.165, 1.54) is 25.4 Å². The van der Waals surface area contributed by atoms with E-state index in [1.54, 1.807) is 36.4 Å². The summed E-state index contributed by atoms with van der Waals surface area (Å²) >= 11 is 0. The Balaban J connectivity index is 0.000000213. The third kappa shape index (κ3) is 6.68. The molecule has 6 nitrogen and oxygen atoms in total. The van der Waals surface area contributed by atoms with Crippen LogP contribution in [0.2, 0.25) is 0 Å². The summed E-state index contributed by atoms with van der Waals surface area (Å²) in [5.74, 6) is 0.126. The molecular formula is C20H13F4N5OPt. The first-order valence-corrected chi connectivity index (χ1v) is 8.41. The summed E-state index contributed by atoms with van der Waals surface area (Å²) in [7, 11) is 1.52. The second kappa shape index (κ2) is 10.8. The van der Waals surface area contributed by atoms with Crippen LogP contribution < -0.4 is 9.84 Å². The average molecular weight is 610 g/mol. The van der Waals surface area contributed by atoms with E-state index >= 15 is 0 Å². The van der Waals surface area contributed by atoms with Crippen LogP contribution in [-0.2, 0) is 27.2 Å². The average Bonchev–Trinajstić information content (AvgIpc) is 3.27. The van der Waals surface area contributed by atoms with Crippen molar-refractivity contribution >= 4 is 0 Å². The van der Waals surface area contributed by atoms with Crippen LogP contribution in [-0.4, -0.2) is 27.4 Å². The molecule has 0 bridgehead atoms. The topological polar surface area (TPSA) is 74.9 Å². The van der Waals surface area contributed by atoms with Crippen molar-refractivity contribution in [3.8, 4) is 28.5 Å². The van der Waals surface area contributed by atoms with Crippen molar-refractivity contribution in [3.05, 3.63) is 78.4 Å². The number of methoxy groups -OCH3 is 1. The summed E-state index contributed by atoms with van der Waals surface area (Å²) in [5, 5.41) is 14.2. The number of pyridine rings is 1. The van der Waals surface area contributed by atoms with E-state index in [1.807, 2.05) is 0 Å². The minimum atomic E-state index is -4.46. The van der Waals surface area contributed by atoms with Gasteiger partial charge >= 0.3 is 27.2 Å². The number of hydrogen-bond donors (Lipinski definition) is 0. The molecule has 0 saturated carbocycles. The smallest absolute Gasteiger partial charge is 0.573 e. The van der Waals surface area contributed by atoms with E-state index in [9.17, 15) is 17.6 Å². The molecule has 0 amide bonds. The molecule has 0 aliphatic heterocycles. The summed E-state index contributed by atoms with van der Waals surface area (Å²) in [6.07, 6.45) is -2.97. The Hall–Kier alpha value is -3.13. The van der Waals surface area contributed by atoms with E-state index in [0.29, 0.717) is 22.8 Å². The number of nitrogens with zero attached hydrogens (tertiary/aromatic N) is 5. The molecule has 0 N–H and O–H groups in total. The summed E-state index contributed by atoms with van der Waals surface area (Å²) in [4.78, 5) is 3.87. The van der Waals surface area contributed by atoms with E-state index in [-0.39, 0.29) is 32.6 Å². The van der Waals surface area contributed by atoms with Crippen molar-refractivity contribution in [2.45, 2.75) is 6.18 Å². The molecule has 0 spiro atoms. The first-order chi connectivity index (χ1) is 14.4. The van der Waals surface area contributed by atoms with Gasteiger partial charge in [0.05, 0.1) is 7.11 Å². The summed E-state index contributed by atoms with van der Waals surface area (Å²) in [5.41, 5.74) is 0.842. The van der Waals surface area contributed by atoms with Crippen molar-refractivity contribution in [1.29, 1.82) is 0 Å². The summed E-state index contributed by atoms with van der Waals surface area (Å²) < 4.78 is 54.1. The second-order valence-corrected chi connectivity index (χ2v) is 5.71. The van der Waals surface area contributed by atoms with Crippen LogP contribution in [0.15, 0.2) is 60.8 Å². The molecule has 31 heavy (non-hydrogen) atoms. The van der Waals surface area contributed by atoms with Crippen LogP contribution in [0, 0.1) is 11.9 Å². The van der Waals surface area contributed by atoms with Crippen LogP contribution >= 0.6 is 0 Å². The van der Waals surface area contributed by atoms with Gasteiger partial charge < -0.3 is 14.9 Å². The number of aromatic nitrogens is 5. The van der Waals surface area contributed by atoms with Gasteiger partial charge in [0.15, 0.2) is 0 Å². The van der Waals surface area contributed by atoms with Gasteiger partial charge in [0.25, 0.3) is 0 Å². The molecule has 3 heterocycles. The Labute approximate surface area is 189 Å². The fourth-order valence-corrected chi connectivity index (χ4v) is 2.21. The summed E-state index contributed by atoms with van der Waals surface area (Å²) in [6, 6.07) is 16.2. The minimum Gasteiger partial charge on any atom is -0.573 e. The van der Waals surface area contributed by atoms with Crippen LogP contribution in [0.5, 0.6) is 5.88 Å². The van der Waals surface area contributed by atoms with Gasteiger partial charge in [-0.3, -0.25) is 9.37 Å². The molecule has 4 rings (SSSR count). The molecule has 3 aromatic heterocycles. The maximum Gasteiger partial charge on any atom is 2.00 e. The fourth-order valence-electron chi connectivity index (χ4n) is 2.21. The minimum absolute atomic E-state index is 0. The van der Waals surface area contributed by atoms with Crippen molar-refractivity contribution in [2.75, 3.05) is 7.11 Å². The van der Waals surface area contributed by atoms with Gasteiger partial charge in [0.1, 0.15) is 5.69 Å². The van der Waals surface area contributed by atoms with Crippen molar-refractivity contribution < 1.29 is 43.4 Å². The van der Waals surface area contributed by atoms with Gasteiger partial charge in [-0.1, -0.05) is 17.8 Å². The monoisotopic (exact) mass is 610 g/mol. The molecule has 0 saturated heterocycles. The van der Waals surface area contributed by atoms with Gasteiger partial charge in [-0.25, -0.2) is 0 Å². The zero-order chi connectivity index (χ0) is 21.6. The molecule has 162 valence electrons. The van der Waals surface area contributed by atoms with E-state index < -0.39 is 11.9 Å². The predicted octanol–water partition coefficient (Wildman–Crippen LogP) is 4.21. The number of halogens is 4. The molecule has 0 atom stereocenters. The number of hydrogen-bond acceptors (Lipinski definition) is 5. The van der Waals surface area contributed by atoms with Crippen molar-refractivity contribution in [3.63, 3.8) is 0 Å². The van der Waals surface area contributed by atoms with Crippen LogP contribution in [0.1, 0.15) is 5.69 Å². The first-order valence-electron chi connectivity index (χ1n) is 8.41. The van der Waals surface area contributed by atoms with Crippen LogP contribution in [0.25, 0.3) is 22.6 Å². The zero-order valence-corrected chi connectivity index (χ0v) is 18.0. The van der Waals surface area contributed by atoms with Gasteiger partial charge in [0, 0.05) is 23.4 Å². The molecule has 11 heteroatoms. The zero-order valence-electron chi connectivity index (χ0n) is 15.7. The SMILES string of the molecule is COc1ccc(-c2[c-]cc(F)cc2)nn1.FC(F)(F)c1cc(-c2ccccn2)[n-]n1.[Pt+2]. The van der Waals surface area contributed by atoms with E-state index in [0.717, 1.165) is 6.07 Å². The second-order valence-electron chi connectivity index (χ2n) is 5.71. The Bertz CT molecular complexity index is 1070. The van der Waals surface area contributed by atoms with E-state index in [2.05, 4.69) is 31.4 Å². The first kappa shape index (κ1) is 24.1. The van der Waals surface area contributed by atoms with Crippen molar-refractivity contribution in [1.82, 2.24) is 25.4 Å². The quantitative estimate of drug-likeness (QED) is 0.256. The molecule has 0 aliphatic carbocycles. The Morgan fingerprint density at radius 2 is 1.81 bits per heavy atom. The molecule has 1 aromatic carbocycles.